The second-order valence-electron chi connectivity index (χ2n) is 5.88. The van der Waals surface area contributed by atoms with Crippen LogP contribution >= 0.6 is 12.2 Å². The standard InChI is InChI=1S/C21H23NO7S/c1-25-14-29-18-12-16(26-2)11-17(19(18)20(23)27-9-6-10-30)22-21(24)28-13-15-7-4-3-5-8-15/h3-5,7-8,10-12H,6,9,13-14H2,1-2H3,(H,22,24). The molecule has 0 radical (unpaired) electrons. The van der Waals surface area contributed by atoms with Crippen LogP contribution in [0.15, 0.2) is 42.5 Å². The molecule has 0 aromatic heterocycles. The number of thiocarbonyl (C=S) groups is 1. The number of carbonyl (C=O) groups is 2. The fourth-order valence-electron chi connectivity index (χ4n) is 2.39. The van der Waals surface area contributed by atoms with E-state index in [1.807, 2.05) is 30.3 Å². The smallest absolute Gasteiger partial charge is 0.411 e. The first-order valence-corrected chi connectivity index (χ1v) is 9.48. The lowest BCUT2D eigenvalue weighted by Crippen LogP contribution is -2.18. The van der Waals surface area contributed by atoms with Crippen LogP contribution in [0.25, 0.3) is 0 Å². The second-order valence-corrected chi connectivity index (χ2v) is 6.21. The molecular weight excluding hydrogens is 410 g/mol. The number of rotatable bonds is 11. The maximum absolute atomic E-state index is 12.7. The molecule has 0 aliphatic heterocycles. The molecule has 0 atom stereocenters. The van der Waals surface area contributed by atoms with Crippen LogP contribution in [-0.4, -0.2) is 45.0 Å². The quantitative estimate of drug-likeness (QED) is 0.246. The average Bonchev–Trinajstić information content (AvgIpc) is 2.76. The van der Waals surface area contributed by atoms with Gasteiger partial charge < -0.3 is 23.7 Å². The summed E-state index contributed by atoms with van der Waals surface area (Å²) in [6.45, 7) is 0.0410. The lowest BCUT2D eigenvalue weighted by molar-refractivity contribution is 0.0434. The topological polar surface area (TPSA) is 92.3 Å². The highest BCUT2D eigenvalue weighted by Crippen LogP contribution is 2.33. The van der Waals surface area contributed by atoms with Crippen molar-refractivity contribution in [2.24, 2.45) is 0 Å². The number of hydrogen-bond acceptors (Lipinski definition) is 8. The largest absolute Gasteiger partial charge is 0.497 e. The van der Waals surface area contributed by atoms with Crippen molar-refractivity contribution in [1.29, 1.82) is 0 Å². The number of amides is 1. The molecule has 1 N–H and O–H groups in total. The molecule has 0 bridgehead atoms. The first kappa shape index (κ1) is 23.1. The van der Waals surface area contributed by atoms with E-state index in [-0.39, 0.29) is 37.0 Å². The number of hydrogen-bond donors (Lipinski definition) is 1. The lowest BCUT2D eigenvalue weighted by atomic mass is 10.1. The van der Waals surface area contributed by atoms with Gasteiger partial charge in [-0.25, -0.2) is 9.59 Å². The molecule has 9 heteroatoms. The molecule has 0 saturated carbocycles. The third-order valence-electron chi connectivity index (χ3n) is 3.77. The Hall–Kier alpha value is -3.17. The molecular formula is C21H23NO7S. The van der Waals surface area contributed by atoms with E-state index in [0.717, 1.165) is 5.56 Å². The van der Waals surface area contributed by atoms with Crippen LogP contribution in [0.2, 0.25) is 0 Å². The van der Waals surface area contributed by atoms with E-state index < -0.39 is 12.1 Å². The van der Waals surface area contributed by atoms with Crippen molar-refractivity contribution in [1.82, 2.24) is 0 Å². The van der Waals surface area contributed by atoms with Gasteiger partial charge in [-0.3, -0.25) is 5.32 Å². The average molecular weight is 433 g/mol. The Labute approximate surface area is 180 Å². The van der Waals surface area contributed by atoms with Crippen LogP contribution in [0.4, 0.5) is 10.5 Å². The summed E-state index contributed by atoms with van der Waals surface area (Å²) >= 11 is 4.74. The zero-order valence-corrected chi connectivity index (χ0v) is 17.5. The van der Waals surface area contributed by atoms with Crippen molar-refractivity contribution in [3.05, 3.63) is 53.6 Å². The molecule has 2 aromatic carbocycles. The van der Waals surface area contributed by atoms with Crippen LogP contribution in [-0.2, 0) is 20.8 Å². The van der Waals surface area contributed by atoms with Crippen molar-refractivity contribution in [3.63, 3.8) is 0 Å². The third kappa shape index (κ3) is 7.02. The summed E-state index contributed by atoms with van der Waals surface area (Å²) < 4.78 is 26.1. The summed E-state index contributed by atoms with van der Waals surface area (Å²) in [6, 6.07) is 12.2. The highest BCUT2D eigenvalue weighted by Gasteiger charge is 2.23. The van der Waals surface area contributed by atoms with Crippen LogP contribution in [0.5, 0.6) is 11.5 Å². The normalized spacial score (nSPS) is 10.1. The Morgan fingerprint density at radius 3 is 2.53 bits per heavy atom. The molecule has 8 nitrogen and oxygen atoms in total. The van der Waals surface area contributed by atoms with E-state index >= 15 is 0 Å². The predicted octanol–water partition coefficient (Wildman–Crippen LogP) is 3.97. The first-order chi connectivity index (χ1) is 14.6. The van der Waals surface area contributed by atoms with E-state index in [9.17, 15) is 9.59 Å². The molecule has 30 heavy (non-hydrogen) atoms. The summed E-state index contributed by atoms with van der Waals surface area (Å²) in [5, 5.41) is 4.01. The Kier molecular flexibility index (Phi) is 9.56. The van der Waals surface area contributed by atoms with Crippen molar-refractivity contribution in [2.45, 2.75) is 13.0 Å². The minimum absolute atomic E-state index is 0.00822. The van der Waals surface area contributed by atoms with Gasteiger partial charge in [0.2, 0.25) is 0 Å². The number of ether oxygens (including phenoxy) is 5. The number of carbonyl (C=O) groups excluding carboxylic acids is 2. The minimum atomic E-state index is -0.752. The van der Waals surface area contributed by atoms with Crippen LogP contribution < -0.4 is 14.8 Å². The Morgan fingerprint density at radius 2 is 1.87 bits per heavy atom. The fraction of sp³-hybridized carbons (Fsp3) is 0.286. The lowest BCUT2D eigenvalue weighted by Gasteiger charge is -2.17. The van der Waals surface area contributed by atoms with Crippen LogP contribution in [0, 0.1) is 0 Å². The van der Waals surface area contributed by atoms with Crippen molar-refractivity contribution in [3.8, 4) is 11.5 Å². The molecule has 0 aliphatic rings. The fourth-order valence-corrected chi connectivity index (χ4v) is 2.49. The Balaban J connectivity index is 2.25. The molecule has 2 aromatic rings. The molecule has 0 aliphatic carbocycles. The van der Waals surface area contributed by atoms with Crippen molar-refractivity contribution < 1.29 is 33.3 Å². The highest BCUT2D eigenvalue weighted by atomic mass is 32.1. The molecule has 0 fully saturated rings. The molecule has 2 rings (SSSR count). The van der Waals surface area contributed by atoms with E-state index in [1.165, 1.54) is 31.7 Å². The summed E-state index contributed by atoms with van der Waals surface area (Å²) in [6.07, 6.45) is -0.342. The third-order valence-corrected chi connectivity index (χ3v) is 4.00. The summed E-state index contributed by atoms with van der Waals surface area (Å²) in [7, 11) is 2.89. The van der Waals surface area contributed by atoms with Gasteiger partial charge in [0.05, 0.1) is 19.4 Å². The highest BCUT2D eigenvalue weighted by molar-refractivity contribution is 7.78. The molecule has 160 valence electrons. The van der Waals surface area contributed by atoms with Gasteiger partial charge in [-0.05, 0) is 10.9 Å². The van der Waals surface area contributed by atoms with Gasteiger partial charge in [0.25, 0.3) is 0 Å². The van der Waals surface area contributed by atoms with Gasteiger partial charge in [-0.15, -0.1) is 0 Å². The maximum atomic E-state index is 12.7. The van der Waals surface area contributed by atoms with Gasteiger partial charge >= 0.3 is 12.1 Å². The monoisotopic (exact) mass is 433 g/mol. The molecule has 0 spiro atoms. The minimum Gasteiger partial charge on any atom is -0.497 e. The van der Waals surface area contributed by atoms with Crippen molar-refractivity contribution in [2.75, 3.05) is 32.9 Å². The number of methoxy groups -OCH3 is 2. The molecule has 0 saturated heterocycles. The number of esters is 1. The van der Waals surface area contributed by atoms with Gasteiger partial charge in [-0.2, -0.15) is 0 Å². The predicted molar refractivity (Wildman–Crippen MR) is 114 cm³/mol. The van der Waals surface area contributed by atoms with Gasteiger partial charge in [0.1, 0.15) is 23.7 Å². The van der Waals surface area contributed by atoms with E-state index in [4.69, 9.17) is 35.9 Å². The Bertz CT molecular complexity index is 858. The maximum Gasteiger partial charge on any atom is 0.411 e. The van der Waals surface area contributed by atoms with Crippen LogP contribution in [0.3, 0.4) is 0 Å². The summed E-state index contributed by atoms with van der Waals surface area (Å²) in [4.78, 5) is 25.0. The second kappa shape index (κ2) is 12.4. The summed E-state index contributed by atoms with van der Waals surface area (Å²) in [5.41, 5.74) is 0.946. The molecule has 0 unspecified atom stereocenters. The van der Waals surface area contributed by atoms with Crippen molar-refractivity contribution >= 4 is 35.3 Å². The zero-order chi connectivity index (χ0) is 21.8. The van der Waals surface area contributed by atoms with E-state index in [1.54, 1.807) is 0 Å². The van der Waals surface area contributed by atoms with Gasteiger partial charge in [-0.1, -0.05) is 42.5 Å². The zero-order valence-electron chi connectivity index (χ0n) is 16.7. The molecule has 1 amide bonds. The summed E-state index contributed by atoms with van der Waals surface area (Å²) in [5.74, 6) is -0.212. The number of nitrogens with one attached hydrogen (secondary N) is 1. The van der Waals surface area contributed by atoms with E-state index in [2.05, 4.69) is 5.32 Å². The van der Waals surface area contributed by atoms with Crippen LogP contribution in [0.1, 0.15) is 22.3 Å². The number of anilines is 1. The molecule has 0 heterocycles. The van der Waals surface area contributed by atoms with Gasteiger partial charge in [0, 0.05) is 25.7 Å². The first-order valence-electron chi connectivity index (χ1n) is 9.01. The van der Waals surface area contributed by atoms with Gasteiger partial charge in [0.15, 0.2) is 6.79 Å². The Morgan fingerprint density at radius 1 is 1.10 bits per heavy atom. The van der Waals surface area contributed by atoms with E-state index in [0.29, 0.717) is 12.2 Å². The number of benzene rings is 2. The SMILES string of the molecule is COCOc1cc(OC)cc(NC(=O)OCc2ccccc2)c1C(=O)OCCC=S.